The molecule has 9 heteroatoms. The second-order valence-electron chi connectivity index (χ2n) is 6.47. The number of hydrazone groups is 1. The molecule has 0 unspecified atom stereocenters. The Morgan fingerprint density at radius 3 is 2.32 bits per heavy atom. The smallest absolute Gasteiger partial charge is 0.343 e. The van der Waals surface area contributed by atoms with E-state index in [1.165, 1.54) is 31.5 Å². The molecule has 0 saturated heterocycles. The molecule has 7 nitrogen and oxygen atoms in total. The molecule has 160 valence electrons. The first-order valence-electron chi connectivity index (χ1n) is 9.06. The van der Waals surface area contributed by atoms with Crippen LogP contribution in [0.25, 0.3) is 0 Å². The maximum Gasteiger partial charge on any atom is 0.343 e. The zero-order valence-corrected chi connectivity index (χ0v) is 18.3. The first kappa shape index (κ1) is 22.3. The third kappa shape index (κ3) is 5.84. The van der Waals surface area contributed by atoms with Crippen LogP contribution in [0.5, 0.6) is 11.5 Å². The first-order chi connectivity index (χ1) is 14.8. The van der Waals surface area contributed by atoms with E-state index < -0.39 is 16.0 Å². The van der Waals surface area contributed by atoms with Gasteiger partial charge in [-0.1, -0.05) is 29.3 Å². The quantitative estimate of drug-likeness (QED) is 0.248. The number of aryl methyl sites for hydroxylation is 1. The Morgan fingerprint density at radius 2 is 1.68 bits per heavy atom. The number of esters is 1. The fourth-order valence-corrected chi connectivity index (χ4v) is 3.45. The highest BCUT2D eigenvalue weighted by Crippen LogP contribution is 2.28. The molecule has 3 aromatic rings. The van der Waals surface area contributed by atoms with Crippen molar-refractivity contribution < 1.29 is 22.7 Å². The van der Waals surface area contributed by atoms with E-state index in [-0.39, 0.29) is 16.4 Å². The van der Waals surface area contributed by atoms with Crippen molar-refractivity contribution in [1.29, 1.82) is 0 Å². The molecule has 0 atom stereocenters. The van der Waals surface area contributed by atoms with E-state index in [0.29, 0.717) is 16.1 Å². The topological polar surface area (TPSA) is 94.1 Å². The van der Waals surface area contributed by atoms with Crippen molar-refractivity contribution in [2.45, 2.75) is 11.8 Å². The Bertz CT molecular complexity index is 1210. The molecule has 0 aliphatic rings. The van der Waals surface area contributed by atoms with Crippen molar-refractivity contribution in [3.63, 3.8) is 0 Å². The highest BCUT2D eigenvalue weighted by Gasteiger charge is 2.14. The Balaban J connectivity index is 1.71. The number of halogens is 1. The van der Waals surface area contributed by atoms with Crippen molar-refractivity contribution in [3.8, 4) is 11.5 Å². The number of rotatable bonds is 7. The fraction of sp³-hybridized carbons (Fsp3) is 0.0909. The summed E-state index contributed by atoms with van der Waals surface area (Å²) in [6, 6.07) is 17.4. The minimum absolute atomic E-state index is 0.109. The van der Waals surface area contributed by atoms with Crippen molar-refractivity contribution in [2.75, 3.05) is 7.11 Å². The molecule has 0 radical (unpaired) electrons. The predicted octanol–water partition coefficient (Wildman–Crippen LogP) is 4.19. The van der Waals surface area contributed by atoms with Gasteiger partial charge in [0.2, 0.25) is 0 Å². The van der Waals surface area contributed by atoms with E-state index in [2.05, 4.69) is 9.93 Å². The van der Waals surface area contributed by atoms with Gasteiger partial charge in [-0.05, 0) is 67.1 Å². The fourth-order valence-electron chi connectivity index (χ4n) is 2.53. The molecule has 0 aliphatic carbocycles. The van der Waals surface area contributed by atoms with Crippen LogP contribution in [0.15, 0.2) is 76.7 Å². The zero-order chi connectivity index (χ0) is 22.4. The predicted molar refractivity (Wildman–Crippen MR) is 118 cm³/mol. The van der Waals surface area contributed by atoms with Gasteiger partial charge in [0.25, 0.3) is 10.0 Å². The molecule has 0 fully saturated rings. The maximum absolute atomic E-state index is 12.3. The lowest BCUT2D eigenvalue weighted by Crippen LogP contribution is -2.18. The largest absolute Gasteiger partial charge is 0.493 e. The highest BCUT2D eigenvalue weighted by molar-refractivity contribution is 7.89. The Labute approximate surface area is 185 Å². The highest BCUT2D eigenvalue weighted by atomic mass is 35.5. The van der Waals surface area contributed by atoms with E-state index in [1.807, 2.05) is 6.92 Å². The minimum atomic E-state index is -3.78. The van der Waals surface area contributed by atoms with Gasteiger partial charge >= 0.3 is 5.97 Å². The van der Waals surface area contributed by atoms with Gasteiger partial charge in [0.1, 0.15) is 0 Å². The molecule has 0 heterocycles. The van der Waals surface area contributed by atoms with Crippen molar-refractivity contribution in [2.24, 2.45) is 5.10 Å². The SMILES string of the molecule is COc1cc(/C=N/NS(=O)(=O)c2ccc(C)cc2)ccc1OC(=O)c1ccc(Cl)cc1. The van der Waals surface area contributed by atoms with Crippen molar-refractivity contribution in [1.82, 2.24) is 4.83 Å². The number of carbonyl (C=O) groups excluding carboxylic acids is 1. The number of sulfonamides is 1. The van der Waals surface area contributed by atoms with Crippen LogP contribution >= 0.6 is 11.6 Å². The van der Waals surface area contributed by atoms with Gasteiger partial charge in [0.15, 0.2) is 11.5 Å². The lowest BCUT2D eigenvalue weighted by atomic mass is 10.2. The summed E-state index contributed by atoms with van der Waals surface area (Å²) in [7, 11) is -2.35. The van der Waals surface area contributed by atoms with Gasteiger partial charge in [0.05, 0.1) is 23.8 Å². The number of methoxy groups -OCH3 is 1. The summed E-state index contributed by atoms with van der Waals surface area (Å²) in [5, 5.41) is 4.31. The van der Waals surface area contributed by atoms with Crippen molar-refractivity contribution >= 4 is 33.8 Å². The molecule has 0 saturated carbocycles. The van der Waals surface area contributed by atoms with Crippen molar-refractivity contribution in [3.05, 3.63) is 88.4 Å². The first-order valence-corrected chi connectivity index (χ1v) is 10.9. The molecule has 0 amide bonds. The van der Waals surface area contributed by atoms with Gasteiger partial charge in [-0.2, -0.15) is 13.5 Å². The van der Waals surface area contributed by atoms with Crippen LogP contribution in [0.4, 0.5) is 0 Å². The van der Waals surface area contributed by atoms with Crippen LogP contribution in [-0.4, -0.2) is 27.7 Å². The van der Waals surface area contributed by atoms with E-state index in [9.17, 15) is 13.2 Å². The van der Waals surface area contributed by atoms with Gasteiger partial charge < -0.3 is 9.47 Å². The van der Waals surface area contributed by atoms with E-state index in [4.69, 9.17) is 21.1 Å². The number of hydrogen-bond donors (Lipinski definition) is 1. The van der Waals surface area contributed by atoms with Crippen LogP contribution in [0.1, 0.15) is 21.5 Å². The molecule has 3 rings (SSSR count). The summed E-state index contributed by atoms with van der Waals surface area (Å²) in [4.78, 5) is 14.6. The number of carbonyl (C=O) groups is 1. The molecular weight excluding hydrogens is 440 g/mol. The molecular formula is C22H19ClN2O5S. The number of nitrogens with zero attached hydrogens (tertiary/aromatic N) is 1. The summed E-state index contributed by atoms with van der Waals surface area (Å²) in [6.07, 6.45) is 1.32. The molecule has 3 aromatic carbocycles. The summed E-state index contributed by atoms with van der Waals surface area (Å²) in [5.74, 6) is -0.0743. The van der Waals surface area contributed by atoms with E-state index >= 15 is 0 Å². The molecule has 31 heavy (non-hydrogen) atoms. The Kier molecular flexibility index (Phi) is 6.94. The average Bonchev–Trinajstić information content (AvgIpc) is 2.75. The third-order valence-electron chi connectivity index (χ3n) is 4.19. The Hall–Kier alpha value is -3.36. The maximum atomic E-state index is 12.3. The standard InChI is InChI=1S/C22H19ClN2O5S/c1-15-3-10-19(11-4-15)31(27,28)25-24-14-16-5-12-20(21(13-16)29-2)30-22(26)17-6-8-18(23)9-7-17/h3-14,25H,1-2H3/b24-14+. The average molecular weight is 459 g/mol. The van der Waals surface area contributed by atoms with Gasteiger partial charge in [-0.25, -0.2) is 9.63 Å². The lowest BCUT2D eigenvalue weighted by Gasteiger charge is -2.10. The van der Waals surface area contributed by atoms with E-state index in [0.717, 1.165) is 5.56 Å². The van der Waals surface area contributed by atoms with Crippen LogP contribution in [0.3, 0.4) is 0 Å². The van der Waals surface area contributed by atoms with Gasteiger partial charge in [-0.15, -0.1) is 0 Å². The normalized spacial score (nSPS) is 11.3. The molecule has 1 N–H and O–H groups in total. The monoisotopic (exact) mass is 458 g/mol. The van der Waals surface area contributed by atoms with Gasteiger partial charge in [0, 0.05) is 5.02 Å². The summed E-state index contributed by atoms with van der Waals surface area (Å²) < 4.78 is 35.2. The molecule has 0 spiro atoms. The second-order valence-corrected chi connectivity index (χ2v) is 8.57. The number of benzene rings is 3. The summed E-state index contributed by atoms with van der Waals surface area (Å²) in [5.41, 5.74) is 1.82. The zero-order valence-electron chi connectivity index (χ0n) is 16.7. The van der Waals surface area contributed by atoms with Crippen LogP contribution < -0.4 is 14.3 Å². The molecule has 0 aliphatic heterocycles. The summed E-state index contributed by atoms with van der Waals surface area (Å²) >= 11 is 5.83. The van der Waals surface area contributed by atoms with Crippen LogP contribution in [0.2, 0.25) is 5.02 Å². The third-order valence-corrected chi connectivity index (χ3v) is 5.68. The minimum Gasteiger partial charge on any atom is -0.493 e. The number of hydrogen-bond acceptors (Lipinski definition) is 6. The summed E-state index contributed by atoms with van der Waals surface area (Å²) in [6.45, 7) is 1.87. The lowest BCUT2D eigenvalue weighted by molar-refractivity contribution is 0.0729. The number of ether oxygens (including phenoxy) is 2. The van der Waals surface area contributed by atoms with Crippen LogP contribution in [-0.2, 0) is 10.0 Å². The van der Waals surface area contributed by atoms with E-state index in [1.54, 1.807) is 48.5 Å². The number of nitrogens with one attached hydrogen (secondary N) is 1. The molecule has 0 aromatic heterocycles. The Morgan fingerprint density at radius 1 is 1.00 bits per heavy atom. The van der Waals surface area contributed by atoms with Gasteiger partial charge in [-0.3, -0.25) is 0 Å². The van der Waals surface area contributed by atoms with Crippen LogP contribution in [0, 0.1) is 6.92 Å². The molecule has 0 bridgehead atoms. The second kappa shape index (κ2) is 9.63.